The second kappa shape index (κ2) is 4.80. The Hall–Kier alpha value is -2.14. The molecule has 1 unspecified atom stereocenters. The lowest BCUT2D eigenvalue weighted by Crippen LogP contribution is -2.30. The minimum Gasteiger partial charge on any atom is -0.387 e. The zero-order valence-electron chi connectivity index (χ0n) is 9.04. The van der Waals surface area contributed by atoms with E-state index in [1.54, 1.807) is 12.1 Å². The minimum absolute atomic E-state index is 0.111. The molecule has 0 saturated carbocycles. The monoisotopic (exact) mass is 232 g/mol. The molecule has 0 saturated heterocycles. The Labute approximate surface area is 97.0 Å². The lowest BCUT2D eigenvalue weighted by molar-refractivity contribution is 0.154. The molecule has 0 aliphatic rings. The second-order valence-electron chi connectivity index (χ2n) is 3.69. The number of nitrogens with zero attached hydrogens (tertiary/aromatic N) is 1. The Bertz CT molecular complexity index is 601. The Balaban J connectivity index is 2.22. The van der Waals surface area contributed by atoms with Gasteiger partial charge in [0.1, 0.15) is 0 Å². The summed E-state index contributed by atoms with van der Waals surface area (Å²) in [6, 6.07) is 10.3. The predicted molar refractivity (Wildman–Crippen MR) is 62.7 cm³/mol. The molecule has 1 aromatic carbocycles. The van der Waals surface area contributed by atoms with Crippen molar-refractivity contribution < 1.29 is 5.11 Å². The van der Waals surface area contributed by atoms with E-state index in [1.807, 2.05) is 18.2 Å². The van der Waals surface area contributed by atoms with E-state index in [4.69, 9.17) is 0 Å². The number of aromatic amines is 1. The molecule has 5 nitrogen and oxygen atoms in total. The van der Waals surface area contributed by atoms with E-state index >= 15 is 0 Å². The zero-order chi connectivity index (χ0) is 12.3. The molecule has 0 amide bonds. The molecule has 0 bridgehead atoms. The molecule has 0 fully saturated rings. The van der Waals surface area contributed by atoms with Crippen LogP contribution in [0.4, 0.5) is 0 Å². The highest BCUT2D eigenvalue weighted by Crippen LogP contribution is 2.12. The van der Waals surface area contributed by atoms with Crippen LogP contribution in [-0.4, -0.2) is 14.7 Å². The average molecular weight is 232 g/mol. The number of hydrogen-bond donors (Lipinski definition) is 2. The van der Waals surface area contributed by atoms with E-state index in [1.165, 1.54) is 16.8 Å². The highest BCUT2D eigenvalue weighted by molar-refractivity contribution is 5.17. The third kappa shape index (κ3) is 2.70. The van der Waals surface area contributed by atoms with Crippen LogP contribution in [-0.2, 0) is 6.54 Å². The van der Waals surface area contributed by atoms with Crippen LogP contribution in [0.5, 0.6) is 0 Å². The first-order valence-electron chi connectivity index (χ1n) is 5.19. The van der Waals surface area contributed by atoms with Gasteiger partial charge in [-0.1, -0.05) is 30.3 Å². The molecule has 0 radical (unpaired) electrons. The number of H-pyrrole nitrogens is 1. The highest BCUT2D eigenvalue weighted by Gasteiger charge is 2.08. The molecule has 17 heavy (non-hydrogen) atoms. The summed E-state index contributed by atoms with van der Waals surface area (Å²) in [6.07, 6.45) is 0.590. The molecule has 2 rings (SSSR count). The van der Waals surface area contributed by atoms with Crippen molar-refractivity contribution in [1.82, 2.24) is 9.55 Å². The van der Waals surface area contributed by atoms with Gasteiger partial charge in [-0.25, -0.2) is 4.79 Å². The van der Waals surface area contributed by atoms with E-state index in [0.717, 1.165) is 5.56 Å². The van der Waals surface area contributed by atoms with Crippen molar-refractivity contribution in [3.8, 4) is 0 Å². The van der Waals surface area contributed by atoms with Gasteiger partial charge in [0.15, 0.2) is 0 Å². The van der Waals surface area contributed by atoms with Gasteiger partial charge in [-0.15, -0.1) is 0 Å². The van der Waals surface area contributed by atoms with Gasteiger partial charge < -0.3 is 5.11 Å². The highest BCUT2D eigenvalue weighted by atomic mass is 16.3. The zero-order valence-corrected chi connectivity index (χ0v) is 9.04. The number of aromatic nitrogens is 2. The topological polar surface area (TPSA) is 75.1 Å². The molecule has 88 valence electrons. The molecule has 1 atom stereocenters. The fraction of sp³-hybridized carbons (Fsp3) is 0.167. The van der Waals surface area contributed by atoms with E-state index in [-0.39, 0.29) is 6.54 Å². The molecule has 0 spiro atoms. The van der Waals surface area contributed by atoms with Gasteiger partial charge in [-0.05, 0) is 5.56 Å². The van der Waals surface area contributed by atoms with Gasteiger partial charge in [-0.3, -0.25) is 14.3 Å². The normalized spacial score (nSPS) is 12.3. The maximum atomic E-state index is 11.4. The van der Waals surface area contributed by atoms with Gasteiger partial charge in [0.05, 0.1) is 12.6 Å². The Kier molecular flexibility index (Phi) is 3.20. The summed E-state index contributed by atoms with van der Waals surface area (Å²) < 4.78 is 1.26. The Morgan fingerprint density at radius 3 is 2.53 bits per heavy atom. The largest absolute Gasteiger partial charge is 0.387 e. The summed E-state index contributed by atoms with van der Waals surface area (Å²) in [5.74, 6) is 0. The van der Waals surface area contributed by atoms with Crippen molar-refractivity contribution in [3.63, 3.8) is 0 Å². The summed E-state index contributed by atoms with van der Waals surface area (Å²) in [7, 11) is 0. The van der Waals surface area contributed by atoms with Crippen molar-refractivity contribution in [3.05, 3.63) is 69.0 Å². The smallest absolute Gasteiger partial charge is 0.328 e. The molecule has 1 aromatic heterocycles. The summed E-state index contributed by atoms with van der Waals surface area (Å²) in [5, 5.41) is 9.92. The molecular weight excluding hydrogens is 220 g/mol. The average Bonchev–Trinajstić information content (AvgIpc) is 2.34. The fourth-order valence-corrected chi connectivity index (χ4v) is 1.55. The van der Waals surface area contributed by atoms with Crippen molar-refractivity contribution in [2.45, 2.75) is 12.6 Å². The maximum Gasteiger partial charge on any atom is 0.328 e. The molecular formula is C12H12N2O3. The fourth-order valence-electron chi connectivity index (χ4n) is 1.55. The summed E-state index contributed by atoms with van der Waals surface area (Å²) >= 11 is 0. The van der Waals surface area contributed by atoms with E-state index < -0.39 is 17.4 Å². The van der Waals surface area contributed by atoms with E-state index in [2.05, 4.69) is 4.98 Å². The van der Waals surface area contributed by atoms with Gasteiger partial charge in [0.25, 0.3) is 5.56 Å². The first-order chi connectivity index (χ1) is 8.16. The number of hydrogen-bond acceptors (Lipinski definition) is 3. The van der Waals surface area contributed by atoms with Crippen molar-refractivity contribution >= 4 is 0 Å². The summed E-state index contributed by atoms with van der Waals surface area (Å²) in [5.41, 5.74) is -0.237. The third-order valence-corrected chi connectivity index (χ3v) is 2.45. The quantitative estimate of drug-likeness (QED) is 0.797. The van der Waals surface area contributed by atoms with Crippen molar-refractivity contribution in [1.29, 1.82) is 0 Å². The number of aliphatic hydroxyl groups is 1. The van der Waals surface area contributed by atoms with Gasteiger partial charge >= 0.3 is 5.69 Å². The minimum atomic E-state index is -0.778. The lowest BCUT2D eigenvalue weighted by atomic mass is 10.1. The standard InChI is InChI=1S/C12H12N2O3/c15-10(9-4-2-1-3-5-9)8-14-7-6-11(16)13-12(14)17/h1-7,10,15H,8H2,(H,13,16,17). The van der Waals surface area contributed by atoms with Crippen LogP contribution in [0.3, 0.4) is 0 Å². The summed E-state index contributed by atoms with van der Waals surface area (Å²) in [6.45, 7) is 0.111. The number of aliphatic hydroxyl groups excluding tert-OH is 1. The van der Waals surface area contributed by atoms with Gasteiger partial charge in [0.2, 0.25) is 0 Å². The van der Waals surface area contributed by atoms with Crippen LogP contribution in [0.25, 0.3) is 0 Å². The Morgan fingerprint density at radius 2 is 1.88 bits per heavy atom. The molecule has 2 N–H and O–H groups in total. The predicted octanol–water partition coefficient (Wildman–Crippen LogP) is 0.270. The summed E-state index contributed by atoms with van der Waals surface area (Å²) in [4.78, 5) is 24.4. The Morgan fingerprint density at radius 1 is 1.18 bits per heavy atom. The van der Waals surface area contributed by atoms with Crippen LogP contribution in [0.1, 0.15) is 11.7 Å². The molecule has 5 heteroatoms. The first kappa shape index (κ1) is 11.3. The number of rotatable bonds is 3. The first-order valence-corrected chi connectivity index (χ1v) is 5.19. The lowest BCUT2D eigenvalue weighted by Gasteiger charge is -2.12. The maximum absolute atomic E-state index is 11.4. The molecule has 1 heterocycles. The van der Waals surface area contributed by atoms with Gasteiger partial charge in [0, 0.05) is 12.3 Å². The number of benzene rings is 1. The van der Waals surface area contributed by atoms with Crippen molar-refractivity contribution in [2.24, 2.45) is 0 Å². The second-order valence-corrected chi connectivity index (χ2v) is 3.69. The van der Waals surface area contributed by atoms with E-state index in [9.17, 15) is 14.7 Å². The van der Waals surface area contributed by atoms with Crippen LogP contribution in [0.15, 0.2) is 52.2 Å². The SMILES string of the molecule is O=c1ccn(CC(O)c2ccccc2)c(=O)[nH]1. The third-order valence-electron chi connectivity index (χ3n) is 2.45. The van der Waals surface area contributed by atoms with E-state index in [0.29, 0.717) is 0 Å². The van der Waals surface area contributed by atoms with Gasteiger partial charge in [-0.2, -0.15) is 0 Å². The van der Waals surface area contributed by atoms with Crippen LogP contribution < -0.4 is 11.2 Å². The van der Waals surface area contributed by atoms with Crippen LogP contribution in [0, 0.1) is 0 Å². The molecule has 2 aromatic rings. The molecule has 0 aliphatic heterocycles. The number of nitrogens with one attached hydrogen (secondary N) is 1. The molecule has 0 aliphatic carbocycles. The van der Waals surface area contributed by atoms with Crippen molar-refractivity contribution in [2.75, 3.05) is 0 Å². The van der Waals surface area contributed by atoms with Crippen LogP contribution in [0.2, 0.25) is 0 Å². The van der Waals surface area contributed by atoms with Crippen LogP contribution >= 0.6 is 0 Å².